The molecule has 33 heavy (non-hydrogen) atoms. The van der Waals surface area contributed by atoms with Crippen LogP contribution in [0.1, 0.15) is 40.8 Å². The second-order valence-corrected chi connectivity index (χ2v) is 9.82. The molecule has 2 atom stereocenters. The van der Waals surface area contributed by atoms with Gasteiger partial charge in [-0.25, -0.2) is 4.79 Å². The first-order valence-electron chi connectivity index (χ1n) is 11.2. The van der Waals surface area contributed by atoms with Crippen LogP contribution in [0.4, 0.5) is 18.0 Å². The van der Waals surface area contributed by atoms with Crippen LogP contribution in [-0.4, -0.2) is 77.4 Å². The van der Waals surface area contributed by atoms with Crippen molar-refractivity contribution in [1.82, 2.24) is 20.0 Å². The van der Waals surface area contributed by atoms with Gasteiger partial charge < -0.3 is 14.5 Å². The average molecular weight is 483 g/mol. The predicted molar refractivity (Wildman–Crippen MR) is 122 cm³/mol. The molecule has 10 heteroatoms. The third-order valence-corrected chi connectivity index (χ3v) is 7.30. The maximum absolute atomic E-state index is 13.3. The zero-order valence-corrected chi connectivity index (χ0v) is 19.4. The molecule has 2 aliphatic rings. The summed E-state index contributed by atoms with van der Waals surface area (Å²) in [5.74, 6) is 1.79. The SMILES string of the molecule is COCCc1cc(C2CC(c3ccc(C(F)(F)F)cc3)CN(C(=O)N3CCSCC3)C2)n[nH]1. The summed E-state index contributed by atoms with van der Waals surface area (Å²) in [6, 6.07) is 7.37. The Labute approximate surface area is 195 Å². The number of H-pyrrole nitrogens is 1. The fourth-order valence-electron chi connectivity index (χ4n) is 4.54. The number of likely N-dealkylation sites (tertiary alicyclic amines) is 1. The van der Waals surface area contributed by atoms with Crippen LogP contribution < -0.4 is 0 Å². The molecule has 2 fully saturated rings. The van der Waals surface area contributed by atoms with Crippen molar-refractivity contribution in [3.63, 3.8) is 0 Å². The lowest BCUT2D eigenvalue weighted by molar-refractivity contribution is -0.137. The molecule has 2 saturated heterocycles. The summed E-state index contributed by atoms with van der Waals surface area (Å²) >= 11 is 1.84. The van der Waals surface area contributed by atoms with Gasteiger partial charge in [-0.1, -0.05) is 12.1 Å². The van der Waals surface area contributed by atoms with E-state index in [-0.39, 0.29) is 17.9 Å². The van der Waals surface area contributed by atoms with Gasteiger partial charge in [0, 0.05) is 68.7 Å². The Hall–Kier alpha value is -2.20. The van der Waals surface area contributed by atoms with Gasteiger partial charge in [0.15, 0.2) is 0 Å². The molecule has 0 spiro atoms. The minimum atomic E-state index is -4.37. The molecule has 2 aromatic rings. The van der Waals surface area contributed by atoms with Crippen LogP contribution in [0, 0.1) is 0 Å². The summed E-state index contributed by atoms with van der Waals surface area (Å²) in [5, 5.41) is 7.54. The molecule has 0 saturated carbocycles. The van der Waals surface area contributed by atoms with Crippen LogP contribution >= 0.6 is 11.8 Å². The molecule has 3 heterocycles. The molecule has 2 aliphatic heterocycles. The first kappa shape index (κ1) is 23.9. The number of hydrogen-bond donors (Lipinski definition) is 1. The number of hydrogen-bond acceptors (Lipinski definition) is 4. The van der Waals surface area contributed by atoms with Crippen molar-refractivity contribution < 1.29 is 22.7 Å². The van der Waals surface area contributed by atoms with Crippen molar-refractivity contribution in [2.75, 3.05) is 51.4 Å². The first-order chi connectivity index (χ1) is 15.8. The van der Waals surface area contributed by atoms with E-state index in [1.165, 1.54) is 0 Å². The third kappa shape index (κ3) is 5.84. The van der Waals surface area contributed by atoms with Gasteiger partial charge in [0.05, 0.1) is 17.9 Å². The van der Waals surface area contributed by atoms with E-state index >= 15 is 0 Å². The number of aromatic nitrogens is 2. The van der Waals surface area contributed by atoms with Crippen molar-refractivity contribution >= 4 is 17.8 Å². The van der Waals surface area contributed by atoms with E-state index in [2.05, 4.69) is 10.2 Å². The Morgan fingerprint density at radius 1 is 1.15 bits per heavy atom. The van der Waals surface area contributed by atoms with Crippen LogP contribution in [0.25, 0.3) is 0 Å². The Morgan fingerprint density at radius 3 is 2.52 bits per heavy atom. The number of aromatic amines is 1. The van der Waals surface area contributed by atoms with Crippen LogP contribution in [0.5, 0.6) is 0 Å². The quantitative estimate of drug-likeness (QED) is 0.688. The van der Waals surface area contributed by atoms with Crippen LogP contribution in [0.3, 0.4) is 0 Å². The number of ether oxygens (including phenoxy) is 1. The highest BCUT2D eigenvalue weighted by atomic mass is 32.2. The van der Waals surface area contributed by atoms with Gasteiger partial charge in [0.25, 0.3) is 0 Å². The van der Waals surface area contributed by atoms with E-state index in [4.69, 9.17) is 4.74 Å². The largest absolute Gasteiger partial charge is 0.416 e. The number of piperidine rings is 1. The molecule has 0 aliphatic carbocycles. The molecule has 1 N–H and O–H groups in total. The topological polar surface area (TPSA) is 61.5 Å². The van der Waals surface area contributed by atoms with Gasteiger partial charge in [-0.3, -0.25) is 5.10 Å². The van der Waals surface area contributed by atoms with Gasteiger partial charge in [0.2, 0.25) is 0 Å². The number of methoxy groups -OCH3 is 1. The molecule has 1 aromatic heterocycles. The summed E-state index contributed by atoms with van der Waals surface area (Å²) < 4.78 is 44.2. The van der Waals surface area contributed by atoms with Crippen molar-refractivity contribution in [3.05, 3.63) is 52.8 Å². The van der Waals surface area contributed by atoms with E-state index in [0.29, 0.717) is 26.1 Å². The molecular weight excluding hydrogens is 453 g/mol. The van der Waals surface area contributed by atoms with Crippen LogP contribution in [0.15, 0.2) is 30.3 Å². The number of alkyl halides is 3. The summed E-state index contributed by atoms with van der Waals surface area (Å²) in [7, 11) is 1.65. The summed E-state index contributed by atoms with van der Waals surface area (Å²) in [5.41, 5.74) is 2.00. The number of nitrogens with zero attached hydrogens (tertiary/aromatic N) is 3. The fourth-order valence-corrected chi connectivity index (χ4v) is 5.44. The van der Waals surface area contributed by atoms with E-state index in [0.717, 1.165) is 60.1 Å². The van der Waals surface area contributed by atoms with Gasteiger partial charge >= 0.3 is 12.2 Å². The average Bonchev–Trinajstić information content (AvgIpc) is 3.31. The van der Waals surface area contributed by atoms with Gasteiger partial charge in [-0.2, -0.15) is 30.0 Å². The number of urea groups is 1. The fraction of sp³-hybridized carbons (Fsp3) is 0.565. The molecule has 180 valence electrons. The monoisotopic (exact) mass is 482 g/mol. The number of halogens is 3. The number of thioether (sulfide) groups is 1. The summed E-state index contributed by atoms with van der Waals surface area (Å²) in [6.45, 7) is 3.07. The molecule has 1 aromatic carbocycles. The molecular formula is C23H29F3N4O2S. The maximum atomic E-state index is 13.3. The molecule has 0 radical (unpaired) electrons. The first-order valence-corrected chi connectivity index (χ1v) is 12.3. The summed E-state index contributed by atoms with van der Waals surface area (Å²) in [4.78, 5) is 17.0. The second-order valence-electron chi connectivity index (χ2n) is 8.60. The van der Waals surface area contributed by atoms with Crippen molar-refractivity contribution in [3.8, 4) is 0 Å². The lowest BCUT2D eigenvalue weighted by atomic mass is 9.82. The van der Waals surface area contributed by atoms with Gasteiger partial charge in [0.1, 0.15) is 0 Å². The smallest absolute Gasteiger partial charge is 0.384 e. The van der Waals surface area contributed by atoms with Crippen LogP contribution in [0.2, 0.25) is 0 Å². The molecule has 6 nitrogen and oxygen atoms in total. The number of benzene rings is 1. The van der Waals surface area contributed by atoms with Crippen molar-refractivity contribution in [2.45, 2.75) is 30.9 Å². The van der Waals surface area contributed by atoms with Crippen molar-refractivity contribution in [1.29, 1.82) is 0 Å². The van der Waals surface area contributed by atoms with Gasteiger partial charge in [-0.15, -0.1) is 0 Å². The van der Waals surface area contributed by atoms with Crippen LogP contribution in [-0.2, 0) is 17.3 Å². The lowest BCUT2D eigenvalue weighted by Gasteiger charge is -2.40. The number of carbonyl (C=O) groups is 1. The number of nitrogens with one attached hydrogen (secondary N) is 1. The zero-order chi connectivity index (χ0) is 23.4. The number of carbonyl (C=O) groups excluding carboxylic acids is 1. The lowest BCUT2D eigenvalue weighted by Crippen LogP contribution is -2.51. The normalized spacial score (nSPS) is 21.9. The molecule has 0 bridgehead atoms. The van der Waals surface area contributed by atoms with Gasteiger partial charge in [-0.05, 0) is 30.2 Å². The second kappa shape index (κ2) is 10.4. The standard InChI is InChI=1S/C23H29F3N4O2S/c1-32-9-6-20-13-21(28-27-20)18-12-17(16-2-4-19(5-3-16)23(24,25)26)14-30(15-18)22(31)29-7-10-33-11-8-29/h2-5,13,17-18H,6-12,14-15H2,1H3,(H,27,28). The highest BCUT2D eigenvalue weighted by molar-refractivity contribution is 7.99. The van der Waals surface area contributed by atoms with Crippen molar-refractivity contribution in [2.24, 2.45) is 0 Å². The maximum Gasteiger partial charge on any atom is 0.416 e. The molecule has 4 rings (SSSR count). The van der Waals surface area contributed by atoms with E-state index < -0.39 is 11.7 Å². The highest BCUT2D eigenvalue weighted by Crippen LogP contribution is 2.37. The minimum Gasteiger partial charge on any atom is -0.384 e. The Kier molecular flexibility index (Phi) is 7.53. The Balaban J connectivity index is 1.56. The number of rotatable bonds is 5. The Morgan fingerprint density at radius 2 is 1.85 bits per heavy atom. The molecule has 2 unspecified atom stereocenters. The highest BCUT2D eigenvalue weighted by Gasteiger charge is 2.36. The Bertz CT molecular complexity index is 929. The number of amides is 2. The molecule has 2 amide bonds. The van der Waals surface area contributed by atoms with E-state index in [1.54, 1.807) is 19.2 Å². The van der Waals surface area contributed by atoms with E-state index in [9.17, 15) is 18.0 Å². The summed E-state index contributed by atoms with van der Waals surface area (Å²) in [6.07, 6.45) is -2.93. The zero-order valence-electron chi connectivity index (χ0n) is 18.6. The van der Waals surface area contributed by atoms with E-state index in [1.807, 2.05) is 27.6 Å². The minimum absolute atomic E-state index is 0.00158. The predicted octanol–water partition coefficient (Wildman–Crippen LogP) is 4.36. The third-order valence-electron chi connectivity index (χ3n) is 6.36.